The second-order valence-electron chi connectivity index (χ2n) is 13.3. The Hall–Kier alpha value is -8.21. The molecule has 5 aromatic carbocycles. The summed E-state index contributed by atoms with van der Waals surface area (Å²) in [6, 6.07) is 21.4. The summed E-state index contributed by atoms with van der Waals surface area (Å²) < 4.78 is 23.6. The molecular formula is C44H40FN5O11. The summed E-state index contributed by atoms with van der Waals surface area (Å²) in [4.78, 5) is 76.3. The molecular weight excluding hydrogens is 794 g/mol. The maximum atomic E-state index is 13.3. The van der Waals surface area contributed by atoms with Crippen molar-refractivity contribution in [2.24, 2.45) is 0 Å². The minimum absolute atomic E-state index is 0.00442. The van der Waals surface area contributed by atoms with Crippen molar-refractivity contribution in [3.63, 3.8) is 0 Å². The standard InChI is InChI=1S/C44H40FN5O11/c1-22(25-6-12-28(45)13-7-25)23(2)39(53)47-29-14-8-26(9-15-29)41(55)46-24(3)40(54)48-30-16-10-27(11-17-30)42(56)49-33-20-18-31(35(51)37(33)60-4)43(57)50-34-21-19-32(44(58)59)36(52)38(34)61-5/h6-21,24,51-52H,1-5H3,(H,46,55)(H,47,53)(H,48,54)(H,49,56)(H,50,57)(H,58,59)/b23-22+/t24-/m0/s1. The van der Waals surface area contributed by atoms with Crippen molar-refractivity contribution in [2.45, 2.75) is 26.8 Å². The summed E-state index contributed by atoms with van der Waals surface area (Å²) in [5.41, 5.74) is 2.10. The highest BCUT2D eigenvalue weighted by molar-refractivity contribution is 6.11. The predicted molar refractivity (Wildman–Crippen MR) is 224 cm³/mol. The molecule has 314 valence electrons. The number of phenolic OH excluding ortho intramolecular Hbond substituents is 1. The van der Waals surface area contributed by atoms with Crippen LogP contribution in [-0.4, -0.2) is 71.1 Å². The van der Waals surface area contributed by atoms with E-state index in [1.54, 1.807) is 38.1 Å². The van der Waals surface area contributed by atoms with Gasteiger partial charge >= 0.3 is 5.97 Å². The van der Waals surface area contributed by atoms with Gasteiger partial charge in [0.05, 0.1) is 31.2 Å². The summed E-state index contributed by atoms with van der Waals surface area (Å²) in [7, 11) is 2.37. The van der Waals surface area contributed by atoms with E-state index < -0.39 is 52.7 Å². The van der Waals surface area contributed by atoms with Gasteiger partial charge < -0.3 is 51.4 Å². The summed E-state index contributed by atoms with van der Waals surface area (Å²) >= 11 is 0. The molecule has 0 aliphatic rings. The first-order chi connectivity index (χ1) is 29.0. The number of carbonyl (C=O) groups excluding carboxylic acids is 5. The van der Waals surface area contributed by atoms with Crippen LogP contribution in [-0.2, 0) is 9.59 Å². The Labute approximate surface area is 348 Å². The first-order valence-corrected chi connectivity index (χ1v) is 18.2. The highest BCUT2D eigenvalue weighted by Gasteiger charge is 2.24. The molecule has 0 bridgehead atoms. The van der Waals surface area contributed by atoms with Crippen LogP contribution in [0.3, 0.4) is 0 Å². The molecule has 5 rings (SSSR count). The second kappa shape index (κ2) is 19.0. The number of benzene rings is 5. The van der Waals surface area contributed by atoms with E-state index in [0.717, 1.165) is 13.2 Å². The molecule has 0 fully saturated rings. The van der Waals surface area contributed by atoms with Crippen LogP contribution in [0.25, 0.3) is 5.57 Å². The van der Waals surface area contributed by atoms with Crippen molar-refractivity contribution >= 4 is 63.8 Å². The van der Waals surface area contributed by atoms with E-state index in [1.165, 1.54) is 80.8 Å². The quantitative estimate of drug-likeness (QED) is 0.0551. The molecule has 0 spiro atoms. The number of methoxy groups -OCH3 is 2. The molecule has 0 unspecified atom stereocenters. The SMILES string of the molecule is COc1c(NC(=O)c2ccc(NC(=O)c3ccc(NC(=O)[C@H](C)NC(=O)c4ccc(NC(=O)/C(C)=C(\C)c5ccc(F)cc5)cc4)cc3)c(OC)c2O)ccc(C(=O)O)c1O. The lowest BCUT2D eigenvalue weighted by Crippen LogP contribution is -2.41. The Kier molecular flexibility index (Phi) is 13.7. The van der Waals surface area contributed by atoms with Crippen LogP contribution in [0.4, 0.5) is 27.1 Å². The van der Waals surface area contributed by atoms with Crippen LogP contribution in [0.2, 0.25) is 0 Å². The zero-order valence-corrected chi connectivity index (χ0v) is 33.3. The van der Waals surface area contributed by atoms with Crippen LogP contribution in [0, 0.1) is 5.82 Å². The van der Waals surface area contributed by atoms with Gasteiger partial charge in [-0.2, -0.15) is 0 Å². The lowest BCUT2D eigenvalue weighted by Gasteiger charge is -2.16. The van der Waals surface area contributed by atoms with E-state index >= 15 is 0 Å². The third-order valence-electron chi connectivity index (χ3n) is 9.38. The van der Waals surface area contributed by atoms with Crippen LogP contribution in [0.1, 0.15) is 67.8 Å². The Morgan fingerprint density at radius 3 is 1.56 bits per heavy atom. The Morgan fingerprint density at radius 1 is 0.574 bits per heavy atom. The number of rotatable bonds is 14. The molecule has 16 nitrogen and oxygen atoms in total. The van der Waals surface area contributed by atoms with Crippen LogP contribution in [0.5, 0.6) is 23.0 Å². The first-order valence-electron chi connectivity index (χ1n) is 18.2. The van der Waals surface area contributed by atoms with E-state index in [4.69, 9.17) is 9.47 Å². The van der Waals surface area contributed by atoms with Gasteiger partial charge in [-0.05, 0) is 117 Å². The number of hydrogen-bond donors (Lipinski definition) is 8. The van der Waals surface area contributed by atoms with Gasteiger partial charge in [0.2, 0.25) is 5.91 Å². The van der Waals surface area contributed by atoms with Crippen LogP contribution in [0.15, 0.2) is 103 Å². The zero-order chi connectivity index (χ0) is 44.5. The Balaban J connectivity index is 1.15. The van der Waals surface area contributed by atoms with Crippen LogP contribution >= 0.6 is 0 Å². The molecule has 8 N–H and O–H groups in total. The molecule has 0 heterocycles. The number of nitrogens with one attached hydrogen (secondary N) is 5. The maximum Gasteiger partial charge on any atom is 0.339 e. The molecule has 0 saturated carbocycles. The van der Waals surface area contributed by atoms with Gasteiger partial charge in [0.15, 0.2) is 23.0 Å². The van der Waals surface area contributed by atoms with E-state index in [2.05, 4.69) is 26.6 Å². The zero-order valence-electron chi connectivity index (χ0n) is 33.3. The highest BCUT2D eigenvalue weighted by atomic mass is 19.1. The normalized spacial score (nSPS) is 11.6. The number of carbonyl (C=O) groups is 6. The average molecular weight is 834 g/mol. The summed E-state index contributed by atoms with van der Waals surface area (Å²) in [6.07, 6.45) is 0. The van der Waals surface area contributed by atoms with Crippen molar-refractivity contribution < 1.29 is 58.0 Å². The summed E-state index contributed by atoms with van der Waals surface area (Å²) in [5, 5.41) is 43.5. The van der Waals surface area contributed by atoms with Crippen molar-refractivity contribution in [1.82, 2.24) is 5.32 Å². The number of ether oxygens (including phenoxy) is 2. The van der Waals surface area contributed by atoms with Gasteiger partial charge in [0, 0.05) is 28.1 Å². The minimum atomic E-state index is -1.42. The fourth-order valence-corrected chi connectivity index (χ4v) is 5.81. The second-order valence-corrected chi connectivity index (χ2v) is 13.3. The molecule has 0 aromatic heterocycles. The van der Waals surface area contributed by atoms with Gasteiger partial charge in [0.1, 0.15) is 17.4 Å². The molecule has 0 saturated heterocycles. The summed E-state index contributed by atoms with van der Waals surface area (Å²) in [6.45, 7) is 4.89. The molecule has 5 amide bonds. The number of carboxylic acids is 1. The predicted octanol–water partition coefficient (Wildman–Crippen LogP) is 6.65. The van der Waals surface area contributed by atoms with Gasteiger partial charge in [-0.3, -0.25) is 24.0 Å². The number of halogens is 1. The minimum Gasteiger partial charge on any atom is -0.504 e. The smallest absolute Gasteiger partial charge is 0.339 e. The Morgan fingerprint density at radius 2 is 1.03 bits per heavy atom. The Bertz CT molecular complexity index is 2560. The van der Waals surface area contributed by atoms with Gasteiger partial charge in [-0.25, -0.2) is 9.18 Å². The van der Waals surface area contributed by atoms with E-state index in [9.17, 15) is 48.5 Å². The fourth-order valence-electron chi connectivity index (χ4n) is 5.81. The van der Waals surface area contributed by atoms with Crippen LogP contribution < -0.4 is 36.1 Å². The number of anilines is 4. The number of allylic oxidation sites excluding steroid dienone is 1. The van der Waals surface area contributed by atoms with Crippen molar-refractivity contribution in [3.05, 3.63) is 136 Å². The van der Waals surface area contributed by atoms with Gasteiger partial charge in [-0.15, -0.1) is 0 Å². The number of aromatic carboxylic acids is 1. The number of hydrogen-bond acceptors (Lipinski definition) is 10. The number of carboxylic acid groups (broad SMARTS) is 1. The van der Waals surface area contributed by atoms with Crippen molar-refractivity contribution in [1.29, 1.82) is 0 Å². The number of aromatic hydroxyl groups is 2. The summed E-state index contributed by atoms with van der Waals surface area (Å²) in [5.74, 6) is -6.70. The number of amides is 5. The highest BCUT2D eigenvalue weighted by Crippen LogP contribution is 2.40. The molecule has 17 heteroatoms. The monoisotopic (exact) mass is 833 g/mol. The van der Waals surface area contributed by atoms with Gasteiger partial charge in [0.25, 0.3) is 23.6 Å². The van der Waals surface area contributed by atoms with E-state index in [-0.39, 0.29) is 51.3 Å². The molecule has 1 atom stereocenters. The molecule has 0 aliphatic heterocycles. The molecule has 0 radical (unpaired) electrons. The third kappa shape index (κ3) is 10.3. The fraction of sp³-hybridized carbons (Fsp3) is 0.136. The maximum absolute atomic E-state index is 13.3. The van der Waals surface area contributed by atoms with E-state index in [1.807, 2.05) is 0 Å². The lowest BCUT2D eigenvalue weighted by atomic mass is 10.0. The number of phenols is 2. The molecule has 0 aliphatic carbocycles. The molecule has 61 heavy (non-hydrogen) atoms. The van der Waals surface area contributed by atoms with E-state index in [0.29, 0.717) is 28.1 Å². The van der Waals surface area contributed by atoms with Gasteiger partial charge in [-0.1, -0.05) is 12.1 Å². The third-order valence-corrected chi connectivity index (χ3v) is 9.38. The topological polar surface area (TPSA) is 242 Å². The largest absolute Gasteiger partial charge is 0.504 e. The molecule has 5 aromatic rings. The van der Waals surface area contributed by atoms with Crippen molar-refractivity contribution in [3.8, 4) is 23.0 Å². The first kappa shape index (κ1) is 43.9. The lowest BCUT2D eigenvalue weighted by molar-refractivity contribution is -0.117. The van der Waals surface area contributed by atoms with Crippen molar-refractivity contribution in [2.75, 3.05) is 35.5 Å². The average Bonchev–Trinajstić information content (AvgIpc) is 3.23.